The molecular formula is C17H24Cl2N4O2. The van der Waals surface area contributed by atoms with Crippen LogP contribution in [0.15, 0.2) is 42.6 Å². The summed E-state index contributed by atoms with van der Waals surface area (Å²) in [6.07, 6.45) is 6.09. The molecule has 0 bridgehead atoms. The van der Waals surface area contributed by atoms with Gasteiger partial charge >= 0.3 is 0 Å². The maximum atomic E-state index is 11.9. The van der Waals surface area contributed by atoms with Gasteiger partial charge in [0.05, 0.1) is 0 Å². The molecular weight excluding hydrogens is 363 g/mol. The Labute approximate surface area is 160 Å². The zero-order valence-electron chi connectivity index (χ0n) is 13.9. The molecule has 6 nitrogen and oxygen atoms in total. The molecule has 1 amide bonds. The van der Waals surface area contributed by atoms with Crippen LogP contribution in [0, 0.1) is 0 Å². The summed E-state index contributed by atoms with van der Waals surface area (Å²) in [6, 6.07) is 10.7. The van der Waals surface area contributed by atoms with Gasteiger partial charge < -0.3 is 15.8 Å². The summed E-state index contributed by atoms with van der Waals surface area (Å²) in [5.41, 5.74) is 6.15. The molecule has 0 aliphatic heterocycles. The number of ether oxygens (including phenoxy) is 1. The van der Waals surface area contributed by atoms with Gasteiger partial charge in [-0.2, -0.15) is 5.10 Å². The summed E-state index contributed by atoms with van der Waals surface area (Å²) in [4.78, 5) is 11.9. The second-order valence-electron chi connectivity index (χ2n) is 5.19. The fourth-order valence-electron chi connectivity index (χ4n) is 2.11. The fraction of sp³-hybridized carbons (Fsp3) is 0.353. The molecule has 0 spiro atoms. The van der Waals surface area contributed by atoms with Crippen molar-refractivity contribution in [2.45, 2.75) is 32.1 Å². The molecule has 1 aromatic heterocycles. The summed E-state index contributed by atoms with van der Waals surface area (Å²) in [5, 5.41) is 10.5. The Morgan fingerprint density at radius 2 is 1.88 bits per heavy atom. The molecule has 0 saturated carbocycles. The summed E-state index contributed by atoms with van der Waals surface area (Å²) >= 11 is 0. The third-order valence-electron chi connectivity index (χ3n) is 3.25. The van der Waals surface area contributed by atoms with Crippen molar-refractivity contribution in [2.24, 2.45) is 5.73 Å². The number of halogens is 2. The van der Waals surface area contributed by atoms with Crippen LogP contribution in [0.3, 0.4) is 0 Å². The van der Waals surface area contributed by atoms with Gasteiger partial charge in [-0.1, -0.05) is 18.9 Å². The summed E-state index contributed by atoms with van der Waals surface area (Å²) in [7, 11) is 0. The standard InChI is InChI=1S/C17H22N4O2.2ClH/c18-11-4-2-1-3-9-16(22)20-14-7-5-8-15(13-14)23-17-10-6-12-19-21-17;;/h5-8,10,12-13H,1-4,9,11,18H2,(H,20,22);2*1H. The number of carbonyl (C=O) groups excluding carboxylic acids is 1. The minimum atomic E-state index is 0. The molecule has 0 fully saturated rings. The minimum absolute atomic E-state index is 0. The lowest BCUT2D eigenvalue weighted by Crippen LogP contribution is -2.11. The van der Waals surface area contributed by atoms with Crippen molar-refractivity contribution in [2.75, 3.05) is 11.9 Å². The van der Waals surface area contributed by atoms with Gasteiger partial charge in [0.15, 0.2) is 0 Å². The number of carbonyl (C=O) groups is 1. The summed E-state index contributed by atoms with van der Waals surface area (Å²) in [6.45, 7) is 0.713. The van der Waals surface area contributed by atoms with Crippen LogP contribution < -0.4 is 15.8 Å². The van der Waals surface area contributed by atoms with E-state index in [0.717, 1.165) is 25.7 Å². The maximum absolute atomic E-state index is 11.9. The van der Waals surface area contributed by atoms with Crippen LogP contribution in [0.1, 0.15) is 32.1 Å². The highest BCUT2D eigenvalue weighted by molar-refractivity contribution is 5.90. The number of nitrogens with two attached hydrogens (primary N) is 1. The first-order valence-corrected chi connectivity index (χ1v) is 7.83. The monoisotopic (exact) mass is 386 g/mol. The topological polar surface area (TPSA) is 90.1 Å². The number of unbranched alkanes of at least 4 members (excludes halogenated alkanes) is 3. The van der Waals surface area contributed by atoms with Gasteiger partial charge in [-0.3, -0.25) is 4.79 Å². The van der Waals surface area contributed by atoms with Crippen LogP contribution in [0.25, 0.3) is 0 Å². The minimum Gasteiger partial charge on any atom is -0.437 e. The molecule has 0 aliphatic carbocycles. The lowest BCUT2D eigenvalue weighted by atomic mass is 10.1. The summed E-state index contributed by atoms with van der Waals surface area (Å²) < 4.78 is 5.59. The normalized spacial score (nSPS) is 9.48. The molecule has 0 aliphatic rings. The quantitative estimate of drug-likeness (QED) is 0.636. The van der Waals surface area contributed by atoms with Crippen molar-refractivity contribution < 1.29 is 9.53 Å². The first-order chi connectivity index (χ1) is 11.3. The smallest absolute Gasteiger partial charge is 0.238 e. The van der Waals surface area contributed by atoms with E-state index in [1.807, 2.05) is 12.1 Å². The third-order valence-corrected chi connectivity index (χ3v) is 3.25. The van der Waals surface area contributed by atoms with Crippen molar-refractivity contribution in [1.82, 2.24) is 10.2 Å². The van der Waals surface area contributed by atoms with E-state index in [1.54, 1.807) is 30.5 Å². The van der Waals surface area contributed by atoms with Crippen LogP contribution in [0.4, 0.5) is 5.69 Å². The number of hydrogen-bond donors (Lipinski definition) is 2. The largest absolute Gasteiger partial charge is 0.437 e. The number of rotatable bonds is 9. The molecule has 2 rings (SSSR count). The molecule has 8 heteroatoms. The summed E-state index contributed by atoms with van der Waals surface area (Å²) in [5.74, 6) is 1.02. The highest BCUT2D eigenvalue weighted by Crippen LogP contribution is 2.22. The van der Waals surface area contributed by atoms with Gasteiger partial charge in [0.25, 0.3) is 0 Å². The van der Waals surface area contributed by atoms with Crippen molar-refractivity contribution in [3.05, 3.63) is 42.6 Å². The zero-order chi connectivity index (χ0) is 16.3. The second-order valence-corrected chi connectivity index (χ2v) is 5.19. The Morgan fingerprint density at radius 1 is 1.08 bits per heavy atom. The van der Waals surface area contributed by atoms with Crippen molar-refractivity contribution in [3.63, 3.8) is 0 Å². The average Bonchev–Trinajstić information content (AvgIpc) is 2.56. The molecule has 25 heavy (non-hydrogen) atoms. The van der Waals surface area contributed by atoms with Crippen molar-refractivity contribution >= 4 is 36.4 Å². The number of nitrogens with one attached hydrogen (secondary N) is 1. The van der Waals surface area contributed by atoms with E-state index in [9.17, 15) is 4.79 Å². The molecule has 0 saturated heterocycles. The Bertz CT molecular complexity index is 615. The van der Waals surface area contributed by atoms with Crippen molar-refractivity contribution in [1.29, 1.82) is 0 Å². The predicted molar refractivity (Wildman–Crippen MR) is 104 cm³/mol. The lowest BCUT2D eigenvalue weighted by molar-refractivity contribution is -0.116. The van der Waals surface area contributed by atoms with Gasteiger partial charge in [0, 0.05) is 30.4 Å². The first-order valence-electron chi connectivity index (χ1n) is 7.83. The van der Waals surface area contributed by atoms with Gasteiger partial charge in [-0.15, -0.1) is 29.9 Å². The fourth-order valence-corrected chi connectivity index (χ4v) is 2.11. The van der Waals surface area contributed by atoms with E-state index in [1.165, 1.54) is 0 Å². The molecule has 1 heterocycles. The van der Waals surface area contributed by atoms with Gasteiger partial charge in [0.1, 0.15) is 5.75 Å². The number of hydrogen-bond acceptors (Lipinski definition) is 5. The SMILES string of the molecule is Cl.Cl.NCCCCCCC(=O)Nc1cccc(Oc2cccnn2)c1. The molecule has 2 aromatic rings. The van der Waals surface area contributed by atoms with Crippen LogP contribution in [0.5, 0.6) is 11.6 Å². The van der Waals surface area contributed by atoms with Crippen LogP contribution in [0.2, 0.25) is 0 Å². The Balaban J connectivity index is 0.00000288. The average molecular weight is 387 g/mol. The Hall–Kier alpha value is -1.89. The third kappa shape index (κ3) is 9.24. The maximum Gasteiger partial charge on any atom is 0.238 e. The number of anilines is 1. The Kier molecular flexibility index (Phi) is 12.4. The van der Waals surface area contributed by atoms with Gasteiger partial charge in [-0.05, 0) is 37.6 Å². The number of aromatic nitrogens is 2. The van der Waals surface area contributed by atoms with Crippen LogP contribution >= 0.6 is 24.8 Å². The lowest BCUT2D eigenvalue weighted by Gasteiger charge is -2.08. The van der Waals surface area contributed by atoms with Crippen LogP contribution in [-0.4, -0.2) is 22.6 Å². The van der Waals surface area contributed by atoms with Gasteiger partial charge in [-0.25, -0.2) is 0 Å². The van der Waals surface area contributed by atoms with E-state index in [0.29, 0.717) is 30.3 Å². The highest BCUT2D eigenvalue weighted by Gasteiger charge is 2.04. The molecule has 0 unspecified atom stereocenters. The first kappa shape index (κ1) is 23.1. The van der Waals surface area contributed by atoms with E-state index in [-0.39, 0.29) is 30.7 Å². The van der Waals surface area contributed by atoms with E-state index in [4.69, 9.17) is 10.5 Å². The highest BCUT2D eigenvalue weighted by atomic mass is 35.5. The van der Waals surface area contributed by atoms with Crippen LogP contribution in [-0.2, 0) is 4.79 Å². The molecule has 0 radical (unpaired) electrons. The number of amides is 1. The number of benzene rings is 1. The zero-order valence-corrected chi connectivity index (χ0v) is 15.5. The van der Waals surface area contributed by atoms with E-state index < -0.39 is 0 Å². The van der Waals surface area contributed by atoms with E-state index in [2.05, 4.69) is 15.5 Å². The molecule has 3 N–H and O–H groups in total. The number of nitrogens with zero attached hydrogens (tertiary/aromatic N) is 2. The molecule has 0 atom stereocenters. The predicted octanol–water partition coefficient (Wildman–Crippen LogP) is 3.96. The van der Waals surface area contributed by atoms with Gasteiger partial charge in [0.2, 0.25) is 11.8 Å². The molecule has 138 valence electrons. The van der Waals surface area contributed by atoms with E-state index >= 15 is 0 Å². The second kappa shape index (κ2) is 13.4. The Morgan fingerprint density at radius 3 is 2.60 bits per heavy atom. The molecule has 1 aromatic carbocycles. The van der Waals surface area contributed by atoms with Crippen molar-refractivity contribution in [3.8, 4) is 11.6 Å².